The van der Waals surface area contributed by atoms with Gasteiger partial charge in [-0.1, -0.05) is 19.8 Å². The number of likely N-dealkylation sites (tertiary alicyclic amines) is 1. The second-order valence-electron chi connectivity index (χ2n) is 5.89. The summed E-state index contributed by atoms with van der Waals surface area (Å²) in [5, 5.41) is 12.9. The van der Waals surface area contributed by atoms with E-state index in [1.807, 2.05) is 6.92 Å². The van der Waals surface area contributed by atoms with Gasteiger partial charge in [0.2, 0.25) is 0 Å². The molecule has 2 N–H and O–H groups in total. The van der Waals surface area contributed by atoms with E-state index in [-0.39, 0.29) is 24.1 Å². The van der Waals surface area contributed by atoms with E-state index in [0.717, 1.165) is 32.2 Å². The third kappa shape index (κ3) is 3.60. The van der Waals surface area contributed by atoms with Gasteiger partial charge >= 0.3 is 6.03 Å². The van der Waals surface area contributed by atoms with Crippen LogP contribution < -0.4 is 5.32 Å². The van der Waals surface area contributed by atoms with Crippen molar-refractivity contribution in [2.45, 2.75) is 57.3 Å². The quantitative estimate of drug-likeness (QED) is 0.796. The maximum absolute atomic E-state index is 12.2. The van der Waals surface area contributed by atoms with E-state index in [9.17, 15) is 9.90 Å². The van der Waals surface area contributed by atoms with Gasteiger partial charge < -0.3 is 20.1 Å². The zero-order chi connectivity index (χ0) is 13.8. The number of carbonyl (C=O) groups is 1. The highest BCUT2D eigenvalue weighted by Gasteiger charge is 2.31. The molecular weight excluding hydrogens is 244 g/mol. The minimum atomic E-state index is -0.399. The lowest BCUT2D eigenvalue weighted by Crippen LogP contribution is -2.54. The molecule has 4 unspecified atom stereocenters. The molecule has 1 saturated carbocycles. The number of urea groups is 1. The number of β-amino-alcohol motifs (C(OH)–C–C–N with tert-alkyl or cyclic N) is 1. The standard InChI is InChI=1S/C14H26N2O3/c1-10-7-8-16(9-12(10)17)14(18)15-11-5-3-4-6-13(11)19-2/h10-13,17H,3-9H2,1-2H3,(H,15,18). The number of hydrogen-bond donors (Lipinski definition) is 2. The zero-order valence-corrected chi connectivity index (χ0v) is 12.0. The highest BCUT2D eigenvalue weighted by atomic mass is 16.5. The molecule has 2 fully saturated rings. The average molecular weight is 270 g/mol. The van der Waals surface area contributed by atoms with Crippen LogP contribution in [0.2, 0.25) is 0 Å². The molecule has 2 amide bonds. The van der Waals surface area contributed by atoms with Crippen molar-refractivity contribution in [2.75, 3.05) is 20.2 Å². The van der Waals surface area contributed by atoms with Crippen molar-refractivity contribution in [2.24, 2.45) is 5.92 Å². The van der Waals surface area contributed by atoms with Gasteiger partial charge in [0.1, 0.15) is 0 Å². The third-order valence-corrected chi connectivity index (χ3v) is 4.52. The van der Waals surface area contributed by atoms with E-state index in [0.29, 0.717) is 6.54 Å². The smallest absolute Gasteiger partial charge is 0.317 e. The molecule has 1 saturated heterocycles. The van der Waals surface area contributed by atoms with Crippen LogP contribution in [0.15, 0.2) is 0 Å². The summed E-state index contributed by atoms with van der Waals surface area (Å²) < 4.78 is 5.45. The number of nitrogens with one attached hydrogen (secondary N) is 1. The fraction of sp³-hybridized carbons (Fsp3) is 0.929. The number of piperidine rings is 1. The van der Waals surface area contributed by atoms with Crippen LogP contribution in [-0.2, 0) is 4.74 Å². The lowest BCUT2D eigenvalue weighted by molar-refractivity contribution is 0.0295. The summed E-state index contributed by atoms with van der Waals surface area (Å²) in [6.07, 6.45) is 4.91. The molecule has 1 heterocycles. The van der Waals surface area contributed by atoms with Crippen molar-refractivity contribution >= 4 is 6.03 Å². The van der Waals surface area contributed by atoms with Crippen LogP contribution in [0.4, 0.5) is 4.79 Å². The molecule has 1 aliphatic heterocycles. The van der Waals surface area contributed by atoms with E-state index >= 15 is 0 Å². The normalized spacial score (nSPS) is 36.1. The van der Waals surface area contributed by atoms with Gasteiger partial charge in [0, 0.05) is 20.2 Å². The Balaban J connectivity index is 1.86. The zero-order valence-electron chi connectivity index (χ0n) is 12.0. The molecule has 0 aromatic rings. The number of hydrogen-bond acceptors (Lipinski definition) is 3. The second-order valence-corrected chi connectivity index (χ2v) is 5.89. The molecule has 1 aliphatic carbocycles. The van der Waals surface area contributed by atoms with Crippen molar-refractivity contribution in [3.8, 4) is 0 Å². The van der Waals surface area contributed by atoms with Gasteiger partial charge in [-0.25, -0.2) is 4.79 Å². The molecule has 5 nitrogen and oxygen atoms in total. The molecule has 5 heteroatoms. The van der Waals surface area contributed by atoms with Gasteiger partial charge in [0.25, 0.3) is 0 Å². The van der Waals surface area contributed by atoms with E-state index in [1.54, 1.807) is 12.0 Å². The number of ether oxygens (including phenoxy) is 1. The predicted molar refractivity (Wildman–Crippen MR) is 72.9 cm³/mol. The minimum Gasteiger partial charge on any atom is -0.391 e. The molecule has 19 heavy (non-hydrogen) atoms. The van der Waals surface area contributed by atoms with E-state index < -0.39 is 6.10 Å². The summed E-state index contributed by atoms with van der Waals surface area (Å²) in [6, 6.07) is 0.0580. The number of carbonyl (C=O) groups excluding carboxylic acids is 1. The monoisotopic (exact) mass is 270 g/mol. The SMILES string of the molecule is COC1CCCCC1NC(=O)N1CCC(C)C(O)C1. The topological polar surface area (TPSA) is 61.8 Å². The summed E-state index contributed by atoms with van der Waals surface area (Å²) in [5.74, 6) is 0.283. The number of rotatable bonds is 2. The van der Waals surface area contributed by atoms with Crippen molar-refractivity contribution < 1.29 is 14.6 Å². The van der Waals surface area contributed by atoms with Crippen molar-refractivity contribution in [1.29, 1.82) is 0 Å². The van der Waals surface area contributed by atoms with E-state index in [4.69, 9.17) is 4.74 Å². The first kappa shape index (κ1) is 14.6. The van der Waals surface area contributed by atoms with Crippen LogP contribution in [0, 0.1) is 5.92 Å². The van der Waals surface area contributed by atoms with Crippen molar-refractivity contribution in [3.63, 3.8) is 0 Å². The Bertz CT molecular complexity index is 311. The lowest BCUT2D eigenvalue weighted by atomic mass is 9.92. The van der Waals surface area contributed by atoms with Crippen LogP contribution in [-0.4, -0.2) is 54.5 Å². The average Bonchev–Trinajstić information content (AvgIpc) is 2.42. The van der Waals surface area contributed by atoms with Gasteiger partial charge in [-0.15, -0.1) is 0 Å². The molecule has 0 spiro atoms. The first-order valence-electron chi connectivity index (χ1n) is 7.38. The molecule has 0 bridgehead atoms. The van der Waals surface area contributed by atoms with Crippen LogP contribution in [0.1, 0.15) is 39.0 Å². The molecule has 2 aliphatic rings. The molecule has 110 valence electrons. The van der Waals surface area contributed by atoms with Gasteiger partial charge in [0.15, 0.2) is 0 Å². The Morgan fingerprint density at radius 2 is 2.05 bits per heavy atom. The van der Waals surface area contributed by atoms with Crippen LogP contribution in [0.3, 0.4) is 0 Å². The molecule has 4 atom stereocenters. The second kappa shape index (κ2) is 6.57. The van der Waals surface area contributed by atoms with Gasteiger partial charge in [0.05, 0.1) is 18.2 Å². The number of aliphatic hydroxyl groups excluding tert-OH is 1. The minimum absolute atomic E-state index is 0.0556. The largest absolute Gasteiger partial charge is 0.391 e. The van der Waals surface area contributed by atoms with Crippen molar-refractivity contribution in [3.05, 3.63) is 0 Å². The van der Waals surface area contributed by atoms with Gasteiger partial charge in [-0.05, 0) is 25.2 Å². The fourth-order valence-corrected chi connectivity index (χ4v) is 3.03. The fourth-order valence-electron chi connectivity index (χ4n) is 3.03. The van der Waals surface area contributed by atoms with Crippen LogP contribution in [0.5, 0.6) is 0 Å². The third-order valence-electron chi connectivity index (χ3n) is 4.52. The Morgan fingerprint density at radius 3 is 2.74 bits per heavy atom. The number of methoxy groups -OCH3 is 1. The Hall–Kier alpha value is -0.810. The van der Waals surface area contributed by atoms with Gasteiger partial charge in [-0.2, -0.15) is 0 Å². The highest BCUT2D eigenvalue weighted by Crippen LogP contribution is 2.22. The summed E-state index contributed by atoms with van der Waals surface area (Å²) in [6.45, 7) is 3.20. The first-order chi connectivity index (χ1) is 9.11. The lowest BCUT2D eigenvalue weighted by Gasteiger charge is -2.37. The Morgan fingerprint density at radius 1 is 1.32 bits per heavy atom. The predicted octanol–water partition coefficient (Wildman–Crippen LogP) is 1.36. The van der Waals surface area contributed by atoms with E-state index in [1.165, 1.54) is 6.42 Å². The molecule has 0 radical (unpaired) electrons. The summed E-state index contributed by atoms with van der Waals surface area (Å²) in [4.78, 5) is 14.0. The maximum atomic E-state index is 12.2. The Labute approximate surface area is 115 Å². The Kier molecular flexibility index (Phi) is 5.05. The van der Waals surface area contributed by atoms with Gasteiger partial charge in [-0.3, -0.25) is 0 Å². The number of aliphatic hydroxyl groups is 1. The van der Waals surface area contributed by atoms with Crippen molar-refractivity contribution in [1.82, 2.24) is 10.2 Å². The van der Waals surface area contributed by atoms with E-state index in [2.05, 4.69) is 5.32 Å². The summed E-state index contributed by atoms with van der Waals surface area (Å²) >= 11 is 0. The van der Waals surface area contributed by atoms with Crippen LogP contribution >= 0.6 is 0 Å². The molecule has 0 aromatic heterocycles. The maximum Gasteiger partial charge on any atom is 0.317 e. The summed E-state index contributed by atoms with van der Waals surface area (Å²) in [7, 11) is 1.71. The molecule has 2 rings (SSSR count). The first-order valence-corrected chi connectivity index (χ1v) is 7.38. The summed E-state index contributed by atoms with van der Waals surface area (Å²) in [5.41, 5.74) is 0. The number of nitrogens with zero attached hydrogens (tertiary/aromatic N) is 1. The number of amides is 2. The highest BCUT2D eigenvalue weighted by molar-refractivity contribution is 5.74. The van der Waals surface area contributed by atoms with Crippen LogP contribution in [0.25, 0.3) is 0 Å². The molecule has 0 aromatic carbocycles. The molecular formula is C14H26N2O3.